The molecule has 0 heterocycles. The Morgan fingerprint density at radius 1 is 1.06 bits per heavy atom. The van der Waals surface area contributed by atoms with E-state index >= 15 is 0 Å². The highest BCUT2D eigenvalue weighted by Gasteiger charge is 2.31. The van der Waals surface area contributed by atoms with Gasteiger partial charge in [0.1, 0.15) is 0 Å². The number of benzene rings is 2. The maximum Gasteiger partial charge on any atom is 0.416 e. The molecular weight excluding hydrogens is 217 g/mol. The predicted molar refractivity (Wildman–Crippen MR) is 54.3 cm³/mol. The lowest BCUT2D eigenvalue weighted by atomic mass is 10.0. The highest BCUT2D eigenvalue weighted by molar-refractivity contribution is 5.98. The minimum Gasteiger partial charge on any atom is -0.298 e. The first-order valence-corrected chi connectivity index (χ1v) is 4.57. The van der Waals surface area contributed by atoms with Crippen LogP contribution >= 0.6 is 0 Å². The molecule has 2 aromatic carbocycles. The van der Waals surface area contributed by atoms with Crippen molar-refractivity contribution >= 4 is 17.1 Å². The molecule has 0 bridgehead atoms. The van der Waals surface area contributed by atoms with Crippen molar-refractivity contribution in [3.05, 3.63) is 47.5 Å². The van der Waals surface area contributed by atoms with E-state index in [2.05, 4.69) is 0 Å². The first-order valence-electron chi connectivity index (χ1n) is 4.57. The molecule has 0 aromatic heterocycles. The second kappa shape index (κ2) is 3.63. The first-order chi connectivity index (χ1) is 7.52. The Bertz CT molecular complexity index is 543. The summed E-state index contributed by atoms with van der Waals surface area (Å²) in [5, 5.41) is 0.949. The fourth-order valence-electron chi connectivity index (χ4n) is 1.60. The van der Waals surface area contributed by atoms with Crippen LogP contribution in [0.25, 0.3) is 10.8 Å². The number of rotatable bonds is 1. The van der Waals surface area contributed by atoms with Crippen molar-refractivity contribution in [2.75, 3.05) is 0 Å². The molecule has 0 unspecified atom stereocenters. The van der Waals surface area contributed by atoms with Gasteiger partial charge < -0.3 is 0 Å². The molecule has 2 rings (SSSR count). The number of hydrogen-bond donors (Lipinski definition) is 0. The van der Waals surface area contributed by atoms with E-state index in [0.717, 1.165) is 12.1 Å². The van der Waals surface area contributed by atoms with Gasteiger partial charge in [0.2, 0.25) is 0 Å². The van der Waals surface area contributed by atoms with Crippen molar-refractivity contribution in [3.8, 4) is 0 Å². The highest BCUT2D eigenvalue weighted by Crippen LogP contribution is 2.32. The zero-order valence-corrected chi connectivity index (χ0v) is 8.08. The molecule has 0 aliphatic rings. The third kappa shape index (κ3) is 1.78. The summed E-state index contributed by atoms with van der Waals surface area (Å²) in [6.07, 6.45) is -3.99. The Kier molecular flexibility index (Phi) is 2.42. The highest BCUT2D eigenvalue weighted by atomic mass is 19.4. The molecule has 0 spiro atoms. The molecule has 0 fully saturated rings. The largest absolute Gasteiger partial charge is 0.416 e. The molecule has 82 valence electrons. The Morgan fingerprint density at radius 3 is 2.38 bits per heavy atom. The lowest BCUT2D eigenvalue weighted by Crippen LogP contribution is -2.05. The molecule has 16 heavy (non-hydrogen) atoms. The molecule has 4 heteroatoms. The molecule has 0 saturated carbocycles. The van der Waals surface area contributed by atoms with Gasteiger partial charge in [0.25, 0.3) is 0 Å². The lowest BCUT2D eigenvalue weighted by molar-refractivity contribution is -0.137. The molecule has 0 radical (unpaired) electrons. The fourth-order valence-corrected chi connectivity index (χ4v) is 1.60. The smallest absolute Gasteiger partial charge is 0.298 e. The summed E-state index contributed by atoms with van der Waals surface area (Å²) in [5.41, 5.74) is -0.737. The van der Waals surface area contributed by atoms with Crippen molar-refractivity contribution in [2.45, 2.75) is 6.18 Å². The van der Waals surface area contributed by atoms with E-state index in [1.54, 1.807) is 24.3 Å². The van der Waals surface area contributed by atoms with Crippen LogP contribution in [-0.4, -0.2) is 6.29 Å². The second-order valence-corrected chi connectivity index (χ2v) is 3.40. The van der Waals surface area contributed by atoms with Crippen LogP contribution in [0.4, 0.5) is 13.2 Å². The van der Waals surface area contributed by atoms with Crippen molar-refractivity contribution in [1.82, 2.24) is 0 Å². The van der Waals surface area contributed by atoms with Gasteiger partial charge in [-0.3, -0.25) is 4.79 Å². The van der Waals surface area contributed by atoms with Crippen molar-refractivity contribution in [2.24, 2.45) is 0 Å². The van der Waals surface area contributed by atoms with Crippen LogP contribution in [0.1, 0.15) is 15.9 Å². The Balaban J connectivity index is 2.78. The summed E-state index contributed by atoms with van der Waals surface area (Å²) in [6, 6.07) is 8.41. The predicted octanol–water partition coefficient (Wildman–Crippen LogP) is 3.67. The topological polar surface area (TPSA) is 17.1 Å². The van der Waals surface area contributed by atoms with Gasteiger partial charge in [-0.05, 0) is 22.9 Å². The quantitative estimate of drug-likeness (QED) is 0.675. The van der Waals surface area contributed by atoms with Gasteiger partial charge in [-0.15, -0.1) is 0 Å². The van der Waals surface area contributed by atoms with E-state index in [9.17, 15) is 18.0 Å². The number of carbonyl (C=O) groups is 1. The molecule has 0 aliphatic heterocycles. The van der Waals surface area contributed by atoms with E-state index in [0.29, 0.717) is 17.1 Å². The normalized spacial score (nSPS) is 11.7. The molecule has 0 saturated heterocycles. The number of fused-ring (bicyclic) bond motifs is 1. The molecule has 0 atom stereocenters. The third-order valence-corrected chi connectivity index (χ3v) is 2.35. The van der Waals surface area contributed by atoms with Crippen molar-refractivity contribution < 1.29 is 18.0 Å². The van der Waals surface area contributed by atoms with Crippen LogP contribution in [0.3, 0.4) is 0 Å². The van der Waals surface area contributed by atoms with Gasteiger partial charge in [0.05, 0.1) is 5.56 Å². The molecule has 0 aliphatic carbocycles. The maximum atomic E-state index is 12.5. The van der Waals surface area contributed by atoms with E-state index < -0.39 is 11.7 Å². The standard InChI is InChI=1S/C12H7F3O/c13-12(14,15)10-5-8-3-1-2-4-11(8)9(6-10)7-16/h1-7H. The average molecular weight is 224 g/mol. The number of alkyl halides is 3. The van der Waals surface area contributed by atoms with Crippen LogP contribution < -0.4 is 0 Å². The first kappa shape index (κ1) is 10.7. The zero-order chi connectivity index (χ0) is 11.8. The maximum absolute atomic E-state index is 12.5. The van der Waals surface area contributed by atoms with Crippen LogP contribution in [0, 0.1) is 0 Å². The van der Waals surface area contributed by atoms with Gasteiger partial charge >= 0.3 is 6.18 Å². The SMILES string of the molecule is O=Cc1cc(C(F)(F)F)cc2ccccc12. The van der Waals surface area contributed by atoms with Crippen molar-refractivity contribution in [3.63, 3.8) is 0 Å². The zero-order valence-electron chi connectivity index (χ0n) is 8.08. The summed E-state index contributed by atoms with van der Waals surface area (Å²) in [5.74, 6) is 0. The van der Waals surface area contributed by atoms with Crippen molar-refractivity contribution in [1.29, 1.82) is 0 Å². The Labute approximate surface area is 89.5 Å². The number of aldehydes is 1. The van der Waals surface area contributed by atoms with Crippen LogP contribution in [0.15, 0.2) is 36.4 Å². The molecule has 2 aromatic rings. The van der Waals surface area contributed by atoms with Crippen LogP contribution in [-0.2, 0) is 6.18 Å². The number of carbonyl (C=O) groups excluding carboxylic acids is 1. The van der Waals surface area contributed by atoms with Crippen LogP contribution in [0.5, 0.6) is 0 Å². The molecule has 0 N–H and O–H groups in total. The third-order valence-electron chi connectivity index (χ3n) is 2.35. The molecular formula is C12H7F3O. The van der Waals surface area contributed by atoms with Gasteiger partial charge in [-0.1, -0.05) is 24.3 Å². The van der Waals surface area contributed by atoms with E-state index in [-0.39, 0.29) is 5.56 Å². The van der Waals surface area contributed by atoms with Gasteiger partial charge in [0.15, 0.2) is 6.29 Å². The van der Waals surface area contributed by atoms with Gasteiger partial charge in [-0.2, -0.15) is 13.2 Å². The Morgan fingerprint density at radius 2 is 1.75 bits per heavy atom. The summed E-state index contributed by atoms with van der Waals surface area (Å²) >= 11 is 0. The average Bonchev–Trinajstić information content (AvgIpc) is 2.26. The minimum atomic E-state index is -4.43. The Hall–Kier alpha value is -1.84. The van der Waals surface area contributed by atoms with E-state index in [1.165, 1.54) is 0 Å². The molecule has 1 nitrogen and oxygen atoms in total. The molecule has 0 amide bonds. The summed E-state index contributed by atoms with van der Waals surface area (Å²) in [6.45, 7) is 0. The number of halogens is 3. The summed E-state index contributed by atoms with van der Waals surface area (Å²) < 4.78 is 37.5. The monoisotopic (exact) mass is 224 g/mol. The second-order valence-electron chi connectivity index (χ2n) is 3.40. The summed E-state index contributed by atoms with van der Waals surface area (Å²) in [7, 11) is 0. The van der Waals surface area contributed by atoms with E-state index in [4.69, 9.17) is 0 Å². The van der Waals surface area contributed by atoms with Crippen LogP contribution in [0.2, 0.25) is 0 Å². The van der Waals surface area contributed by atoms with E-state index in [1.807, 2.05) is 0 Å². The summed E-state index contributed by atoms with van der Waals surface area (Å²) in [4.78, 5) is 10.7. The van der Waals surface area contributed by atoms with Gasteiger partial charge in [0, 0.05) is 5.56 Å². The number of hydrogen-bond acceptors (Lipinski definition) is 1. The fraction of sp³-hybridized carbons (Fsp3) is 0.0833. The van der Waals surface area contributed by atoms with Gasteiger partial charge in [-0.25, -0.2) is 0 Å². The lowest BCUT2D eigenvalue weighted by Gasteiger charge is -2.09. The minimum absolute atomic E-state index is 0.0606.